The van der Waals surface area contributed by atoms with Crippen molar-refractivity contribution in [3.63, 3.8) is 0 Å². The molecule has 2 N–H and O–H groups in total. The summed E-state index contributed by atoms with van der Waals surface area (Å²) >= 11 is 1.51. The van der Waals surface area contributed by atoms with Gasteiger partial charge in [0.25, 0.3) is 5.91 Å². The Bertz CT molecular complexity index is 1350. The summed E-state index contributed by atoms with van der Waals surface area (Å²) in [6, 6.07) is 20.4. The molecule has 0 aliphatic rings. The van der Waals surface area contributed by atoms with E-state index in [0.717, 1.165) is 4.88 Å². The molecule has 2 aromatic carbocycles. The Morgan fingerprint density at radius 2 is 1.69 bits per heavy atom. The van der Waals surface area contributed by atoms with E-state index in [9.17, 15) is 18.0 Å². The van der Waals surface area contributed by atoms with Crippen LogP contribution in [0.2, 0.25) is 0 Å². The molecule has 0 unspecified atom stereocenters. The van der Waals surface area contributed by atoms with Gasteiger partial charge in [0.15, 0.2) is 0 Å². The number of benzene rings is 2. The lowest BCUT2D eigenvalue weighted by atomic mass is 10.1. The number of furan rings is 1. The van der Waals surface area contributed by atoms with Crippen molar-refractivity contribution in [2.45, 2.75) is 24.0 Å². The minimum atomic E-state index is -4.11. The summed E-state index contributed by atoms with van der Waals surface area (Å²) in [7, 11) is -2.61. The quantitative estimate of drug-likeness (QED) is 0.327. The highest BCUT2D eigenvalue weighted by atomic mass is 32.2. The van der Waals surface area contributed by atoms with Crippen LogP contribution in [-0.2, 0) is 27.9 Å². The third-order valence-electron chi connectivity index (χ3n) is 5.47. The average molecular weight is 524 g/mol. The summed E-state index contributed by atoms with van der Waals surface area (Å²) in [6.45, 7) is 0.471. The van der Waals surface area contributed by atoms with Crippen molar-refractivity contribution >= 4 is 33.2 Å². The van der Waals surface area contributed by atoms with E-state index >= 15 is 0 Å². The van der Waals surface area contributed by atoms with Crippen molar-refractivity contribution in [2.75, 3.05) is 7.05 Å². The molecule has 186 valence electrons. The Morgan fingerprint density at radius 3 is 2.31 bits per heavy atom. The van der Waals surface area contributed by atoms with E-state index in [1.54, 1.807) is 47.4 Å². The SMILES string of the molecule is CNC(=O)c1ccc(S(=O)(=O)N[C@@H](C(=O)N(Cc2ccco2)Cc2cccs2)c2ccccc2)cc1. The lowest BCUT2D eigenvalue weighted by molar-refractivity contribution is -0.134. The monoisotopic (exact) mass is 523 g/mol. The summed E-state index contributed by atoms with van der Waals surface area (Å²) in [5.41, 5.74) is 0.830. The minimum absolute atomic E-state index is 0.0558. The van der Waals surface area contributed by atoms with Gasteiger partial charge in [-0.25, -0.2) is 8.42 Å². The Kier molecular flexibility index (Phi) is 7.99. The first-order valence-electron chi connectivity index (χ1n) is 11.1. The summed E-state index contributed by atoms with van der Waals surface area (Å²) in [5.74, 6) is -0.165. The molecular formula is C26H25N3O5S2. The molecule has 36 heavy (non-hydrogen) atoms. The van der Waals surface area contributed by atoms with Gasteiger partial charge < -0.3 is 14.6 Å². The van der Waals surface area contributed by atoms with Crippen molar-refractivity contribution in [1.82, 2.24) is 14.9 Å². The number of thiophene rings is 1. The highest BCUT2D eigenvalue weighted by Crippen LogP contribution is 2.24. The third-order valence-corrected chi connectivity index (χ3v) is 7.77. The zero-order valence-electron chi connectivity index (χ0n) is 19.5. The summed E-state index contributed by atoms with van der Waals surface area (Å²) < 4.78 is 34.7. The standard InChI is InChI=1S/C26H25N3O5S2/c1-27-25(30)20-11-13-23(14-12-20)36(32,33)28-24(19-7-3-2-4-8-19)26(31)29(17-21-9-5-15-34-21)18-22-10-6-16-35-22/h2-16,24,28H,17-18H2,1H3,(H,27,30)/t24-/m1/s1. The molecule has 2 amide bonds. The van der Waals surface area contributed by atoms with Crippen molar-refractivity contribution in [2.24, 2.45) is 0 Å². The molecule has 0 saturated heterocycles. The molecule has 0 radical (unpaired) electrons. The van der Waals surface area contributed by atoms with Crippen LogP contribution in [0.25, 0.3) is 0 Å². The number of carbonyl (C=O) groups excluding carboxylic acids is 2. The second-order valence-electron chi connectivity index (χ2n) is 7.92. The van der Waals surface area contributed by atoms with E-state index in [2.05, 4.69) is 10.0 Å². The van der Waals surface area contributed by atoms with Crippen molar-refractivity contribution in [3.05, 3.63) is 112 Å². The average Bonchev–Trinajstić information content (AvgIpc) is 3.61. The van der Waals surface area contributed by atoms with E-state index in [0.29, 0.717) is 23.4 Å². The number of nitrogens with one attached hydrogen (secondary N) is 2. The van der Waals surface area contributed by atoms with Crippen LogP contribution in [0.4, 0.5) is 0 Å². The van der Waals surface area contributed by atoms with Gasteiger partial charge in [-0.05, 0) is 53.4 Å². The topological polar surface area (TPSA) is 109 Å². The summed E-state index contributed by atoms with van der Waals surface area (Å²) in [6.07, 6.45) is 1.53. The first kappa shape index (κ1) is 25.4. The van der Waals surface area contributed by atoms with E-state index in [4.69, 9.17) is 4.42 Å². The van der Waals surface area contributed by atoms with Gasteiger partial charge >= 0.3 is 0 Å². The zero-order valence-corrected chi connectivity index (χ0v) is 21.1. The molecule has 0 fully saturated rings. The van der Waals surface area contributed by atoms with Crippen molar-refractivity contribution < 1.29 is 22.4 Å². The Morgan fingerprint density at radius 1 is 0.944 bits per heavy atom. The molecule has 0 saturated carbocycles. The van der Waals surface area contributed by atoms with Gasteiger partial charge in [0.2, 0.25) is 15.9 Å². The van der Waals surface area contributed by atoms with E-state index < -0.39 is 22.0 Å². The molecule has 4 rings (SSSR count). The molecule has 0 aliphatic carbocycles. The lowest BCUT2D eigenvalue weighted by Gasteiger charge is -2.27. The molecular weight excluding hydrogens is 498 g/mol. The maximum atomic E-state index is 13.9. The number of amides is 2. The van der Waals surface area contributed by atoms with Gasteiger partial charge in [-0.1, -0.05) is 36.4 Å². The second-order valence-corrected chi connectivity index (χ2v) is 10.7. The van der Waals surface area contributed by atoms with Crippen LogP contribution in [0.15, 0.2) is 99.8 Å². The van der Waals surface area contributed by atoms with E-state index in [1.165, 1.54) is 48.9 Å². The number of rotatable bonds is 10. The first-order chi connectivity index (χ1) is 17.4. The first-order valence-corrected chi connectivity index (χ1v) is 13.5. The third kappa shape index (κ3) is 6.09. The van der Waals surface area contributed by atoms with Crippen LogP contribution < -0.4 is 10.0 Å². The Hall–Kier alpha value is -3.73. The van der Waals surface area contributed by atoms with Gasteiger partial charge in [-0.3, -0.25) is 9.59 Å². The van der Waals surface area contributed by atoms with Crippen LogP contribution in [0.1, 0.15) is 32.6 Å². The van der Waals surface area contributed by atoms with Crippen LogP contribution in [-0.4, -0.2) is 32.2 Å². The molecule has 10 heteroatoms. The zero-order chi connectivity index (χ0) is 25.5. The number of hydrogen-bond donors (Lipinski definition) is 2. The van der Waals surface area contributed by atoms with Gasteiger partial charge in [0.1, 0.15) is 11.8 Å². The fourth-order valence-corrected chi connectivity index (χ4v) is 5.53. The summed E-state index contributed by atoms with van der Waals surface area (Å²) in [5, 5.41) is 4.42. The van der Waals surface area contributed by atoms with Crippen molar-refractivity contribution in [3.8, 4) is 0 Å². The maximum Gasteiger partial charge on any atom is 0.251 e. The Balaban J connectivity index is 1.66. The minimum Gasteiger partial charge on any atom is -0.467 e. The molecule has 2 aromatic heterocycles. The highest BCUT2D eigenvalue weighted by molar-refractivity contribution is 7.89. The van der Waals surface area contributed by atoms with E-state index in [-0.39, 0.29) is 17.3 Å². The fourth-order valence-electron chi connectivity index (χ4n) is 3.64. The molecule has 8 nitrogen and oxygen atoms in total. The largest absolute Gasteiger partial charge is 0.467 e. The maximum absolute atomic E-state index is 13.9. The molecule has 0 spiro atoms. The molecule has 0 aliphatic heterocycles. The second kappa shape index (κ2) is 11.3. The number of carbonyl (C=O) groups is 2. The van der Waals surface area contributed by atoms with Crippen LogP contribution in [0.5, 0.6) is 0 Å². The molecule has 4 aromatic rings. The van der Waals surface area contributed by atoms with Gasteiger partial charge in [-0.15, -0.1) is 11.3 Å². The summed E-state index contributed by atoms with van der Waals surface area (Å²) in [4.78, 5) is 28.2. The van der Waals surface area contributed by atoms with E-state index in [1.807, 2.05) is 17.5 Å². The van der Waals surface area contributed by atoms with Crippen LogP contribution in [0.3, 0.4) is 0 Å². The molecule has 1 atom stereocenters. The Labute approximate surface area is 213 Å². The van der Waals surface area contributed by atoms with Gasteiger partial charge in [0.05, 0.1) is 24.2 Å². The van der Waals surface area contributed by atoms with Gasteiger partial charge in [0, 0.05) is 17.5 Å². The number of hydrogen-bond acceptors (Lipinski definition) is 6. The predicted molar refractivity (Wildman–Crippen MR) is 137 cm³/mol. The van der Waals surface area contributed by atoms with Crippen LogP contribution >= 0.6 is 11.3 Å². The highest BCUT2D eigenvalue weighted by Gasteiger charge is 2.31. The molecule has 0 bridgehead atoms. The van der Waals surface area contributed by atoms with Crippen molar-refractivity contribution in [1.29, 1.82) is 0 Å². The smallest absolute Gasteiger partial charge is 0.251 e. The normalized spacial score (nSPS) is 12.1. The van der Waals surface area contributed by atoms with Crippen LogP contribution in [0, 0.1) is 0 Å². The predicted octanol–water partition coefficient (Wildman–Crippen LogP) is 3.95. The number of nitrogens with zero attached hydrogens (tertiary/aromatic N) is 1. The van der Waals surface area contributed by atoms with Gasteiger partial charge in [-0.2, -0.15) is 4.72 Å². The fraction of sp³-hybridized carbons (Fsp3) is 0.154. The molecule has 2 heterocycles. The number of sulfonamides is 1. The lowest BCUT2D eigenvalue weighted by Crippen LogP contribution is -2.42.